The molecule has 1 aliphatic heterocycles. The zero-order valence-electron chi connectivity index (χ0n) is 18.5. The van der Waals surface area contributed by atoms with E-state index in [2.05, 4.69) is 44.6 Å². The van der Waals surface area contributed by atoms with Crippen LogP contribution in [0.4, 0.5) is 27.8 Å². The van der Waals surface area contributed by atoms with Gasteiger partial charge in [0.05, 0.1) is 0 Å². The van der Waals surface area contributed by atoms with Crippen molar-refractivity contribution in [3.63, 3.8) is 0 Å². The first-order chi connectivity index (χ1) is 15.4. The molecule has 0 spiro atoms. The van der Waals surface area contributed by atoms with Gasteiger partial charge in [0, 0.05) is 48.6 Å². The van der Waals surface area contributed by atoms with Crippen LogP contribution in [0.2, 0.25) is 5.02 Å². The highest BCUT2D eigenvalue weighted by Gasteiger charge is 2.22. The third-order valence-corrected chi connectivity index (χ3v) is 5.87. The number of halogens is 1. The first-order valence-electron chi connectivity index (χ1n) is 10.6. The Balaban J connectivity index is 1.38. The van der Waals surface area contributed by atoms with Crippen LogP contribution >= 0.6 is 11.6 Å². The van der Waals surface area contributed by atoms with Gasteiger partial charge in [-0.15, -0.1) is 0 Å². The van der Waals surface area contributed by atoms with Crippen LogP contribution in [0.3, 0.4) is 0 Å². The molecule has 8 heteroatoms. The molecule has 0 aliphatic carbocycles. The number of amides is 2. The Morgan fingerprint density at radius 2 is 1.59 bits per heavy atom. The van der Waals surface area contributed by atoms with Crippen LogP contribution in [0, 0.1) is 20.8 Å². The zero-order chi connectivity index (χ0) is 22.7. The molecule has 0 atom stereocenters. The second-order valence-corrected chi connectivity index (χ2v) is 8.43. The van der Waals surface area contributed by atoms with Crippen molar-refractivity contribution in [1.29, 1.82) is 0 Å². The van der Waals surface area contributed by atoms with E-state index in [4.69, 9.17) is 11.6 Å². The largest absolute Gasteiger partial charge is 0.353 e. The van der Waals surface area contributed by atoms with Gasteiger partial charge in [-0.1, -0.05) is 35.4 Å². The predicted molar refractivity (Wildman–Crippen MR) is 130 cm³/mol. The predicted octanol–water partition coefficient (Wildman–Crippen LogP) is 5.15. The third kappa shape index (κ3) is 5.29. The lowest BCUT2D eigenvalue weighted by molar-refractivity contribution is 0.208. The summed E-state index contributed by atoms with van der Waals surface area (Å²) >= 11 is 6.16. The number of aromatic nitrogens is 2. The minimum Gasteiger partial charge on any atom is -0.353 e. The molecule has 32 heavy (non-hydrogen) atoms. The molecule has 1 aromatic heterocycles. The summed E-state index contributed by atoms with van der Waals surface area (Å²) in [7, 11) is 0. The number of piperazine rings is 1. The smallest absolute Gasteiger partial charge is 0.321 e. The molecule has 2 aromatic carbocycles. The van der Waals surface area contributed by atoms with E-state index in [9.17, 15) is 4.79 Å². The fourth-order valence-corrected chi connectivity index (χ4v) is 3.76. The topological polar surface area (TPSA) is 73.4 Å². The Morgan fingerprint density at radius 3 is 2.28 bits per heavy atom. The van der Waals surface area contributed by atoms with E-state index < -0.39 is 0 Å². The number of aryl methyl sites for hydroxylation is 3. The van der Waals surface area contributed by atoms with Crippen molar-refractivity contribution in [2.75, 3.05) is 41.7 Å². The molecule has 2 heterocycles. The molecule has 0 radical (unpaired) electrons. The van der Waals surface area contributed by atoms with Crippen LogP contribution in [-0.2, 0) is 0 Å². The summed E-state index contributed by atoms with van der Waals surface area (Å²) in [6.07, 6.45) is 0. The Hall–Kier alpha value is -3.32. The van der Waals surface area contributed by atoms with Gasteiger partial charge in [0.15, 0.2) is 0 Å². The monoisotopic (exact) mass is 450 g/mol. The normalized spacial score (nSPS) is 13.8. The lowest BCUT2D eigenvalue weighted by atomic mass is 10.2. The number of nitrogens with zero attached hydrogens (tertiary/aromatic N) is 4. The molecule has 0 unspecified atom stereocenters. The number of nitrogens with one attached hydrogen (secondary N) is 2. The number of rotatable bonds is 4. The fourth-order valence-electron chi connectivity index (χ4n) is 3.57. The first kappa shape index (κ1) is 21.9. The second kappa shape index (κ2) is 9.44. The van der Waals surface area contributed by atoms with E-state index in [1.54, 1.807) is 6.07 Å². The molecule has 4 rings (SSSR count). The molecule has 1 aliphatic rings. The molecule has 3 aromatic rings. The van der Waals surface area contributed by atoms with E-state index >= 15 is 0 Å². The highest BCUT2D eigenvalue weighted by atomic mass is 35.5. The van der Waals surface area contributed by atoms with E-state index in [1.807, 2.05) is 49.1 Å². The standard InChI is InChI=1S/C24H27ClN6O/c1-16-4-7-19(8-5-16)28-22-15-23(27-18(3)26-22)30-10-12-31(13-11-30)24(32)29-20-9-6-17(2)21(25)14-20/h4-9,14-15H,10-13H2,1-3H3,(H,29,32)(H,26,27,28). The zero-order valence-corrected chi connectivity index (χ0v) is 19.3. The molecule has 7 nitrogen and oxygen atoms in total. The summed E-state index contributed by atoms with van der Waals surface area (Å²) in [4.78, 5) is 25.8. The first-order valence-corrected chi connectivity index (χ1v) is 11.0. The maximum Gasteiger partial charge on any atom is 0.321 e. The van der Waals surface area contributed by atoms with Gasteiger partial charge in [0.2, 0.25) is 0 Å². The van der Waals surface area contributed by atoms with Crippen LogP contribution in [0.5, 0.6) is 0 Å². The number of urea groups is 1. The van der Waals surface area contributed by atoms with Crippen LogP contribution in [0.15, 0.2) is 48.5 Å². The number of hydrogen-bond donors (Lipinski definition) is 2. The number of anilines is 4. The van der Waals surface area contributed by atoms with Gasteiger partial charge in [-0.2, -0.15) is 0 Å². The van der Waals surface area contributed by atoms with Gasteiger partial charge in [-0.3, -0.25) is 0 Å². The van der Waals surface area contributed by atoms with Crippen LogP contribution < -0.4 is 15.5 Å². The summed E-state index contributed by atoms with van der Waals surface area (Å²) in [5.41, 5.74) is 3.88. The lowest BCUT2D eigenvalue weighted by Gasteiger charge is -2.35. The Bertz CT molecular complexity index is 1110. The molecule has 0 saturated carbocycles. The molecular weight excluding hydrogens is 424 g/mol. The minimum atomic E-state index is -0.120. The average molecular weight is 451 g/mol. The lowest BCUT2D eigenvalue weighted by Crippen LogP contribution is -2.50. The van der Waals surface area contributed by atoms with Gasteiger partial charge in [0.25, 0.3) is 0 Å². The van der Waals surface area contributed by atoms with Crippen molar-refractivity contribution in [2.24, 2.45) is 0 Å². The van der Waals surface area contributed by atoms with Crippen LogP contribution in [0.1, 0.15) is 17.0 Å². The summed E-state index contributed by atoms with van der Waals surface area (Å²) in [6, 6.07) is 15.6. The van der Waals surface area contributed by atoms with Crippen molar-refractivity contribution >= 4 is 40.6 Å². The quantitative estimate of drug-likeness (QED) is 0.574. The number of carbonyl (C=O) groups is 1. The Kier molecular flexibility index (Phi) is 6.46. The molecule has 0 bridgehead atoms. The van der Waals surface area contributed by atoms with Crippen molar-refractivity contribution in [1.82, 2.24) is 14.9 Å². The van der Waals surface area contributed by atoms with Gasteiger partial charge in [0.1, 0.15) is 17.5 Å². The van der Waals surface area contributed by atoms with Gasteiger partial charge >= 0.3 is 6.03 Å². The van der Waals surface area contributed by atoms with Crippen LogP contribution in [0.25, 0.3) is 0 Å². The number of hydrogen-bond acceptors (Lipinski definition) is 5. The second-order valence-electron chi connectivity index (χ2n) is 8.02. The van der Waals surface area contributed by atoms with E-state index in [-0.39, 0.29) is 6.03 Å². The van der Waals surface area contributed by atoms with Gasteiger partial charge in [-0.25, -0.2) is 14.8 Å². The average Bonchev–Trinajstić information content (AvgIpc) is 2.77. The minimum absolute atomic E-state index is 0.120. The summed E-state index contributed by atoms with van der Waals surface area (Å²) in [5, 5.41) is 6.92. The van der Waals surface area contributed by atoms with E-state index in [1.165, 1.54) is 5.56 Å². The van der Waals surface area contributed by atoms with Crippen LogP contribution in [-0.4, -0.2) is 47.1 Å². The summed E-state index contributed by atoms with van der Waals surface area (Å²) < 4.78 is 0. The van der Waals surface area contributed by atoms with Gasteiger partial charge < -0.3 is 20.4 Å². The Morgan fingerprint density at radius 1 is 0.906 bits per heavy atom. The maximum absolute atomic E-state index is 12.7. The molecule has 166 valence electrons. The summed E-state index contributed by atoms with van der Waals surface area (Å²) in [6.45, 7) is 8.49. The Labute approximate surface area is 193 Å². The molecular formula is C24H27ClN6O. The van der Waals surface area contributed by atoms with E-state index in [0.29, 0.717) is 42.7 Å². The van der Waals surface area contributed by atoms with Crippen molar-refractivity contribution in [3.05, 3.63) is 70.5 Å². The molecule has 2 N–H and O–H groups in total. The fraction of sp³-hybridized carbons (Fsp3) is 0.292. The highest BCUT2D eigenvalue weighted by molar-refractivity contribution is 6.31. The molecule has 2 amide bonds. The third-order valence-electron chi connectivity index (χ3n) is 5.46. The SMILES string of the molecule is Cc1ccc(Nc2cc(N3CCN(C(=O)Nc4ccc(C)c(Cl)c4)CC3)nc(C)n2)cc1. The van der Waals surface area contributed by atoms with Crippen molar-refractivity contribution in [2.45, 2.75) is 20.8 Å². The highest BCUT2D eigenvalue weighted by Crippen LogP contribution is 2.23. The number of benzene rings is 2. The van der Waals surface area contributed by atoms with Crippen molar-refractivity contribution < 1.29 is 4.79 Å². The van der Waals surface area contributed by atoms with Gasteiger partial charge in [-0.05, 0) is 50.6 Å². The number of carbonyl (C=O) groups excluding carboxylic acids is 1. The molecule has 1 saturated heterocycles. The molecule has 1 fully saturated rings. The summed E-state index contributed by atoms with van der Waals surface area (Å²) in [5.74, 6) is 2.32. The maximum atomic E-state index is 12.7. The van der Waals surface area contributed by atoms with E-state index in [0.717, 1.165) is 22.9 Å². The van der Waals surface area contributed by atoms with Crippen molar-refractivity contribution in [3.8, 4) is 0 Å².